The van der Waals surface area contributed by atoms with E-state index < -0.39 is 0 Å². The quantitative estimate of drug-likeness (QED) is 0.752. The van der Waals surface area contributed by atoms with E-state index in [2.05, 4.69) is 31.0 Å². The molecule has 0 bridgehead atoms. The van der Waals surface area contributed by atoms with E-state index in [1.165, 1.54) is 38.8 Å². The molecule has 88 valence electrons. The zero-order chi connectivity index (χ0) is 10.9. The highest BCUT2D eigenvalue weighted by molar-refractivity contribution is 4.94. The van der Waals surface area contributed by atoms with Gasteiger partial charge in [-0.1, -0.05) is 13.3 Å². The third kappa shape index (κ3) is 2.36. The topological polar surface area (TPSA) is 15.3 Å². The Kier molecular flexibility index (Phi) is 3.36. The Morgan fingerprint density at radius 3 is 2.73 bits per heavy atom. The number of piperazine rings is 1. The van der Waals surface area contributed by atoms with E-state index in [4.69, 9.17) is 0 Å². The first-order valence-electron chi connectivity index (χ1n) is 6.61. The highest BCUT2D eigenvalue weighted by Gasteiger charge is 2.37. The molecule has 0 amide bonds. The van der Waals surface area contributed by atoms with Gasteiger partial charge in [-0.25, -0.2) is 0 Å². The van der Waals surface area contributed by atoms with Crippen molar-refractivity contribution in [1.29, 1.82) is 0 Å². The molecule has 2 heteroatoms. The SMILES string of the molecule is CCC1CCC(N2CCNCC2(C)C)C1. The Labute approximate surface area is 94.4 Å². The van der Waals surface area contributed by atoms with Crippen molar-refractivity contribution in [2.75, 3.05) is 19.6 Å². The summed E-state index contributed by atoms with van der Waals surface area (Å²) in [6, 6.07) is 0.868. The Balaban J connectivity index is 1.97. The average molecular weight is 210 g/mol. The molecule has 1 heterocycles. The fraction of sp³-hybridized carbons (Fsp3) is 1.00. The first-order valence-corrected chi connectivity index (χ1v) is 6.61. The van der Waals surface area contributed by atoms with Gasteiger partial charge < -0.3 is 5.32 Å². The van der Waals surface area contributed by atoms with Crippen LogP contribution in [-0.4, -0.2) is 36.1 Å². The molecule has 1 saturated carbocycles. The largest absolute Gasteiger partial charge is 0.314 e. The second-order valence-electron chi connectivity index (χ2n) is 5.92. The van der Waals surface area contributed by atoms with Gasteiger partial charge in [-0.15, -0.1) is 0 Å². The average Bonchev–Trinajstić information content (AvgIpc) is 2.65. The number of rotatable bonds is 2. The summed E-state index contributed by atoms with van der Waals surface area (Å²) in [6.07, 6.45) is 5.71. The van der Waals surface area contributed by atoms with Gasteiger partial charge in [0.1, 0.15) is 0 Å². The van der Waals surface area contributed by atoms with Gasteiger partial charge in [-0.3, -0.25) is 4.90 Å². The number of nitrogens with zero attached hydrogens (tertiary/aromatic N) is 1. The molecule has 2 rings (SSSR count). The van der Waals surface area contributed by atoms with Crippen molar-refractivity contribution >= 4 is 0 Å². The molecule has 1 saturated heterocycles. The zero-order valence-corrected chi connectivity index (χ0v) is 10.6. The lowest BCUT2D eigenvalue weighted by molar-refractivity contribution is 0.0457. The summed E-state index contributed by atoms with van der Waals surface area (Å²) in [4.78, 5) is 2.76. The molecule has 0 aromatic heterocycles. The number of nitrogens with one attached hydrogen (secondary N) is 1. The van der Waals surface area contributed by atoms with Gasteiger partial charge in [0.2, 0.25) is 0 Å². The monoisotopic (exact) mass is 210 g/mol. The van der Waals surface area contributed by atoms with Crippen molar-refractivity contribution in [1.82, 2.24) is 10.2 Å². The van der Waals surface area contributed by atoms with E-state index in [9.17, 15) is 0 Å². The van der Waals surface area contributed by atoms with E-state index in [1.54, 1.807) is 0 Å². The summed E-state index contributed by atoms with van der Waals surface area (Å²) in [5.41, 5.74) is 0.367. The maximum Gasteiger partial charge on any atom is 0.0281 e. The van der Waals surface area contributed by atoms with E-state index >= 15 is 0 Å². The second-order valence-corrected chi connectivity index (χ2v) is 5.92. The van der Waals surface area contributed by atoms with Crippen LogP contribution in [0.15, 0.2) is 0 Å². The number of hydrogen-bond donors (Lipinski definition) is 1. The predicted octanol–water partition coefficient (Wildman–Crippen LogP) is 2.25. The lowest BCUT2D eigenvalue weighted by Crippen LogP contribution is -2.60. The van der Waals surface area contributed by atoms with Crippen LogP contribution in [0.1, 0.15) is 46.5 Å². The van der Waals surface area contributed by atoms with E-state index in [-0.39, 0.29) is 0 Å². The minimum Gasteiger partial charge on any atom is -0.314 e. The van der Waals surface area contributed by atoms with Gasteiger partial charge in [0, 0.05) is 31.2 Å². The Morgan fingerprint density at radius 2 is 2.13 bits per heavy atom. The maximum atomic E-state index is 3.51. The van der Waals surface area contributed by atoms with Crippen LogP contribution < -0.4 is 5.32 Å². The molecule has 1 N–H and O–H groups in total. The Hall–Kier alpha value is -0.0800. The first-order chi connectivity index (χ1) is 7.13. The molecule has 2 atom stereocenters. The smallest absolute Gasteiger partial charge is 0.0281 e. The van der Waals surface area contributed by atoms with Crippen LogP contribution in [0.3, 0.4) is 0 Å². The van der Waals surface area contributed by atoms with Crippen molar-refractivity contribution < 1.29 is 0 Å². The van der Waals surface area contributed by atoms with Gasteiger partial charge in [0.05, 0.1) is 0 Å². The van der Waals surface area contributed by atoms with E-state index in [0.29, 0.717) is 5.54 Å². The molecular formula is C13H26N2. The molecule has 1 aliphatic carbocycles. The predicted molar refractivity (Wildman–Crippen MR) is 65.1 cm³/mol. The molecule has 0 aromatic carbocycles. The van der Waals surface area contributed by atoms with Crippen LogP contribution in [0.25, 0.3) is 0 Å². The van der Waals surface area contributed by atoms with Crippen LogP contribution in [-0.2, 0) is 0 Å². The van der Waals surface area contributed by atoms with Crippen molar-refractivity contribution in [3.63, 3.8) is 0 Å². The summed E-state index contributed by atoms with van der Waals surface area (Å²) in [7, 11) is 0. The first kappa shape index (κ1) is 11.4. The van der Waals surface area contributed by atoms with Crippen LogP contribution in [0.5, 0.6) is 0 Å². The lowest BCUT2D eigenvalue weighted by atomic mass is 9.96. The van der Waals surface area contributed by atoms with Crippen LogP contribution in [0, 0.1) is 5.92 Å². The van der Waals surface area contributed by atoms with Crippen molar-refractivity contribution in [3.05, 3.63) is 0 Å². The molecule has 2 aliphatic rings. The fourth-order valence-electron chi connectivity index (χ4n) is 3.38. The number of hydrogen-bond acceptors (Lipinski definition) is 2. The van der Waals surface area contributed by atoms with Crippen molar-refractivity contribution in [3.8, 4) is 0 Å². The standard InChI is InChI=1S/C13H26N2/c1-4-11-5-6-12(9-11)15-8-7-14-10-13(15,2)3/h11-12,14H,4-10H2,1-3H3. The highest BCUT2D eigenvalue weighted by atomic mass is 15.3. The minimum absolute atomic E-state index is 0.367. The Morgan fingerprint density at radius 1 is 1.33 bits per heavy atom. The van der Waals surface area contributed by atoms with E-state index in [1.807, 2.05) is 0 Å². The molecule has 1 aliphatic heterocycles. The van der Waals surface area contributed by atoms with Crippen LogP contribution in [0.4, 0.5) is 0 Å². The normalized spacial score (nSPS) is 37.0. The molecule has 0 radical (unpaired) electrons. The maximum absolute atomic E-state index is 3.51. The third-order valence-electron chi connectivity index (χ3n) is 4.40. The van der Waals surface area contributed by atoms with Crippen LogP contribution in [0.2, 0.25) is 0 Å². The van der Waals surface area contributed by atoms with Crippen LogP contribution >= 0.6 is 0 Å². The summed E-state index contributed by atoms with van der Waals surface area (Å²) in [5, 5.41) is 3.51. The zero-order valence-electron chi connectivity index (χ0n) is 10.6. The summed E-state index contributed by atoms with van der Waals surface area (Å²) < 4.78 is 0. The van der Waals surface area contributed by atoms with Gasteiger partial charge >= 0.3 is 0 Å². The van der Waals surface area contributed by atoms with Gasteiger partial charge in [-0.05, 0) is 39.0 Å². The minimum atomic E-state index is 0.367. The molecular weight excluding hydrogens is 184 g/mol. The van der Waals surface area contributed by atoms with Gasteiger partial charge in [0.25, 0.3) is 0 Å². The third-order valence-corrected chi connectivity index (χ3v) is 4.40. The van der Waals surface area contributed by atoms with Gasteiger partial charge in [-0.2, -0.15) is 0 Å². The van der Waals surface area contributed by atoms with Crippen molar-refractivity contribution in [2.45, 2.75) is 58.0 Å². The molecule has 2 fully saturated rings. The van der Waals surface area contributed by atoms with Gasteiger partial charge in [0.15, 0.2) is 0 Å². The Bertz CT molecular complexity index is 213. The lowest BCUT2D eigenvalue weighted by Gasteiger charge is -2.46. The summed E-state index contributed by atoms with van der Waals surface area (Å²) >= 11 is 0. The fourth-order valence-corrected chi connectivity index (χ4v) is 3.38. The van der Waals surface area contributed by atoms with Crippen molar-refractivity contribution in [2.24, 2.45) is 5.92 Å². The second kappa shape index (κ2) is 4.42. The molecule has 0 aromatic rings. The molecule has 0 spiro atoms. The molecule has 15 heavy (non-hydrogen) atoms. The summed E-state index contributed by atoms with van der Waals surface area (Å²) in [5.74, 6) is 1.00. The summed E-state index contributed by atoms with van der Waals surface area (Å²) in [6.45, 7) is 10.7. The molecule has 2 nitrogen and oxygen atoms in total. The van der Waals surface area contributed by atoms with E-state index in [0.717, 1.165) is 18.5 Å². The molecule has 2 unspecified atom stereocenters. The highest BCUT2D eigenvalue weighted by Crippen LogP contribution is 2.34.